The molecule has 1 saturated heterocycles. The molecule has 0 unspecified atom stereocenters. The number of aryl methyl sites for hydroxylation is 1. The second-order valence-electron chi connectivity index (χ2n) is 6.60. The van der Waals surface area contributed by atoms with Crippen molar-refractivity contribution in [2.75, 3.05) is 26.4 Å². The maximum absolute atomic E-state index is 14.9. The predicted molar refractivity (Wildman–Crippen MR) is 103 cm³/mol. The summed E-state index contributed by atoms with van der Waals surface area (Å²) < 4.78 is 17.3. The molecule has 3 heterocycles. The number of likely N-dealkylation sites (tertiary alicyclic amines) is 1. The average Bonchev–Trinajstić information content (AvgIpc) is 3.05. The van der Waals surface area contributed by atoms with E-state index in [1.54, 1.807) is 0 Å². The van der Waals surface area contributed by atoms with Gasteiger partial charge in [-0.1, -0.05) is 5.21 Å². The van der Waals surface area contributed by atoms with Crippen LogP contribution in [-0.2, 0) is 0 Å². The van der Waals surface area contributed by atoms with Crippen LogP contribution in [0.5, 0.6) is 0 Å². The highest BCUT2D eigenvalue weighted by atomic mass is 79.9. The summed E-state index contributed by atoms with van der Waals surface area (Å²) in [6.07, 6.45) is 3.97. The van der Waals surface area contributed by atoms with E-state index in [0.717, 1.165) is 52.9 Å². The van der Waals surface area contributed by atoms with Crippen LogP contribution in [0.1, 0.15) is 24.4 Å². The molecule has 2 aromatic heterocycles. The Hall–Kier alpha value is -1.25. The van der Waals surface area contributed by atoms with Crippen LogP contribution in [0.2, 0.25) is 0 Å². The number of fused-ring (bicyclic) bond motifs is 3. The van der Waals surface area contributed by atoms with Gasteiger partial charge in [0.1, 0.15) is 21.6 Å². The first-order valence-electron chi connectivity index (χ1n) is 8.27. The number of pyridine rings is 1. The molecule has 0 N–H and O–H groups in total. The van der Waals surface area contributed by atoms with Gasteiger partial charge in [-0.15, -0.1) is 16.9 Å². The van der Waals surface area contributed by atoms with E-state index in [4.69, 9.17) is 0 Å². The van der Waals surface area contributed by atoms with Crippen molar-refractivity contribution in [2.24, 2.45) is 0 Å². The average molecular weight is 424 g/mol. The zero-order valence-electron chi connectivity index (χ0n) is 14.4. The molecule has 1 aliphatic heterocycles. The van der Waals surface area contributed by atoms with Crippen LogP contribution in [-0.4, -0.2) is 51.3 Å². The van der Waals surface area contributed by atoms with Gasteiger partial charge in [-0.2, -0.15) is 0 Å². The van der Waals surface area contributed by atoms with E-state index in [2.05, 4.69) is 43.2 Å². The number of rotatable bonds is 2. The van der Waals surface area contributed by atoms with Gasteiger partial charge in [0.15, 0.2) is 5.82 Å². The molecule has 25 heavy (non-hydrogen) atoms. The minimum absolute atomic E-state index is 0.286. The summed E-state index contributed by atoms with van der Waals surface area (Å²) in [5.41, 5.74) is 2.89. The second-order valence-corrected chi connectivity index (χ2v) is 8.19. The molecule has 0 atom stereocenters. The van der Waals surface area contributed by atoms with Gasteiger partial charge in [0.25, 0.3) is 0 Å². The van der Waals surface area contributed by atoms with Crippen LogP contribution in [0, 0.1) is 12.7 Å². The Morgan fingerprint density at radius 3 is 2.68 bits per heavy atom. The molecule has 1 fully saturated rings. The molecular weight excluding hydrogens is 405 g/mol. The van der Waals surface area contributed by atoms with Crippen LogP contribution >= 0.6 is 27.7 Å². The molecule has 0 radical (unpaired) electrons. The van der Waals surface area contributed by atoms with Crippen molar-refractivity contribution >= 4 is 49.6 Å². The Morgan fingerprint density at radius 1 is 1.28 bits per heavy atom. The summed E-state index contributed by atoms with van der Waals surface area (Å²) in [6.45, 7) is 3.96. The Kier molecular flexibility index (Phi) is 4.45. The first-order valence-corrected chi connectivity index (χ1v) is 10.3. The topological polar surface area (TPSA) is 46.8 Å². The van der Waals surface area contributed by atoms with E-state index in [9.17, 15) is 4.39 Å². The second kappa shape index (κ2) is 6.48. The first-order chi connectivity index (χ1) is 12.0. The number of hydrogen-bond donors (Lipinski definition) is 0. The van der Waals surface area contributed by atoms with Crippen molar-refractivity contribution in [3.05, 3.63) is 21.9 Å². The summed E-state index contributed by atoms with van der Waals surface area (Å²) in [6, 6.07) is 2.27. The number of aromatic nitrogens is 4. The molecule has 0 bridgehead atoms. The fourth-order valence-electron chi connectivity index (χ4n) is 3.51. The monoisotopic (exact) mass is 423 g/mol. The molecule has 0 spiro atoms. The Bertz CT molecular complexity index is 965. The number of benzene rings is 1. The van der Waals surface area contributed by atoms with Crippen LogP contribution in [0.15, 0.2) is 15.6 Å². The molecule has 1 aliphatic rings. The summed E-state index contributed by atoms with van der Waals surface area (Å²) in [4.78, 5) is 6.85. The Morgan fingerprint density at radius 2 is 2.00 bits per heavy atom. The lowest BCUT2D eigenvalue weighted by Crippen LogP contribution is -2.31. The largest absolute Gasteiger partial charge is 0.306 e. The minimum Gasteiger partial charge on any atom is -0.306 e. The normalized spacial score (nSPS) is 17.0. The Labute approximate surface area is 158 Å². The zero-order valence-corrected chi connectivity index (χ0v) is 16.8. The van der Waals surface area contributed by atoms with Crippen LogP contribution in [0.3, 0.4) is 0 Å². The number of piperidine rings is 1. The van der Waals surface area contributed by atoms with E-state index in [1.807, 2.05) is 23.9 Å². The van der Waals surface area contributed by atoms with Gasteiger partial charge in [0.05, 0.1) is 10.5 Å². The maximum atomic E-state index is 14.9. The lowest BCUT2D eigenvalue weighted by Gasteiger charge is -2.29. The standard InChI is InChI=1S/C17H19BrFN5S/c1-9-8-11-14(13(19)12(9)18)20-17(25-3)15-16(11)24(22-21-15)10-4-6-23(2)7-5-10/h8,10H,4-7H2,1-3H3. The Balaban J connectivity index is 2.02. The van der Waals surface area contributed by atoms with Crippen molar-refractivity contribution in [1.82, 2.24) is 24.9 Å². The molecule has 0 saturated carbocycles. The fourth-order valence-corrected chi connectivity index (χ4v) is 4.33. The van der Waals surface area contributed by atoms with Gasteiger partial charge >= 0.3 is 0 Å². The van der Waals surface area contributed by atoms with E-state index >= 15 is 0 Å². The van der Waals surface area contributed by atoms with E-state index in [0.29, 0.717) is 9.99 Å². The van der Waals surface area contributed by atoms with Crippen LogP contribution in [0.4, 0.5) is 4.39 Å². The van der Waals surface area contributed by atoms with Gasteiger partial charge in [-0.05, 0) is 73.7 Å². The van der Waals surface area contributed by atoms with Crippen molar-refractivity contribution < 1.29 is 4.39 Å². The van der Waals surface area contributed by atoms with Gasteiger partial charge in [0, 0.05) is 5.39 Å². The third kappa shape index (κ3) is 2.74. The van der Waals surface area contributed by atoms with Crippen molar-refractivity contribution in [3.8, 4) is 0 Å². The lowest BCUT2D eigenvalue weighted by molar-refractivity contribution is 0.214. The van der Waals surface area contributed by atoms with E-state index < -0.39 is 0 Å². The van der Waals surface area contributed by atoms with E-state index in [1.165, 1.54) is 11.8 Å². The number of hydrogen-bond acceptors (Lipinski definition) is 5. The molecule has 0 aliphatic carbocycles. The van der Waals surface area contributed by atoms with Crippen molar-refractivity contribution in [1.29, 1.82) is 0 Å². The minimum atomic E-state index is -0.316. The number of thioether (sulfide) groups is 1. The highest BCUT2D eigenvalue weighted by Crippen LogP contribution is 2.36. The van der Waals surface area contributed by atoms with Crippen molar-refractivity contribution in [3.63, 3.8) is 0 Å². The lowest BCUT2D eigenvalue weighted by atomic mass is 10.0. The molecule has 8 heteroatoms. The maximum Gasteiger partial charge on any atom is 0.163 e. The molecule has 4 rings (SSSR count). The quantitative estimate of drug-likeness (QED) is 0.578. The summed E-state index contributed by atoms with van der Waals surface area (Å²) in [7, 11) is 2.14. The number of nitrogens with zero attached hydrogens (tertiary/aromatic N) is 5. The summed E-state index contributed by atoms with van der Waals surface area (Å²) >= 11 is 4.81. The van der Waals surface area contributed by atoms with Crippen molar-refractivity contribution in [2.45, 2.75) is 30.8 Å². The third-order valence-corrected chi connectivity index (χ3v) is 6.60. The highest BCUT2D eigenvalue weighted by Gasteiger charge is 2.25. The van der Waals surface area contributed by atoms with Crippen LogP contribution in [0.25, 0.3) is 21.9 Å². The molecule has 1 aromatic carbocycles. The first kappa shape index (κ1) is 17.2. The van der Waals surface area contributed by atoms with Gasteiger partial charge < -0.3 is 4.90 Å². The SMILES string of the molecule is CSc1nc2c(F)c(Br)c(C)cc2c2c1nnn2C1CCN(C)CC1. The summed E-state index contributed by atoms with van der Waals surface area (Å²) in [5.74, 6) is -0.316. The smallest absolute Gasteiger partial charge is 0.163 e. The summed E-state index contributed by atoms with van der Waals surface area (Å²) in [5, 5.41) is 10.3. The molecule has 132 valence electrons. The van der Waals surface area contributed by atoms with Crippen LogP contribution < -0.4 is 0 Å². The molecular formula is C17H19BrFN5S. The highest BCUT2D eigenvalue weighted by molar-refractivity contribution is 9.10. The van der Waals surface area contributed by atoms with E-state index in [-0.39, 0.29) is 11.9 Å². The fraction of sp³-hybridized carbons (Fsp3) is 0.471. The zero-order chi connectivity index (χ0) is 17.7. The molecule has 3 aromatic rings. The van der Waals surface area contributed by atoms with Gasteiger partial charge in [0.2, 0.25) is 0 Å². The third-order valence-electron chi connectivity index (χ3n) is 4.96. The number of halogens is 2. The van der Waals surface area contributed by atoms with Gasteiger partial charge in [-0.3, -0.25) is 0 Å². The predicted octanol–water partition coefficient (Wildman–Crippen LogP) is 4.18. The molecule has 0 amide bonds. The van der Waals surface area contributed by atoms with Gasteiger partial charge in [-0.25, -0.2) is 14.1 Å². The molecule has 5 nitrogen and oxygen atoms in total.